The van der Waals surface area contributed by atoms with Gasteiger partial charge in [-0.05, 0) is 18.1 Å². The summed E-state index contributed by atoms with van der Waals surface area (Å²) >= 11 is 0. The van der Waals surface area contributed by atoms with E-state index in [2.05, 4.69) is 16.8 Å². The van der Waals surface area contributed by atoms with Crippen LogP contribution in [-0.4, -0.2) is 27.8 Å². The third kappa shape index (κ3) is 2.57. The van der Waals surface area contributed by atoms with E-state index < -0.39 is 5.97 Å². The highest BCUT2D eigenvalue weighted by Crippen LogP contribution is 2.03. The van der Waals surface area contributed by atoms with Crippen LogP contribution < -0.4 is 0 Å². The Morgan fingerprint density at radius 1 is 1.57 bits per heavy atom. The molecule has 1 rings (SSSR count). The second kappa shape index (κ2) is 5.00. The lowest BCUT2D eigenvalue weighted by atomic mass is 10.2. The van der Waals surface area contributed by atoms with E-state index in [1.54, 1.807) is 6.07 Å². The molecule has 0 saturated heterocycles. The normalized spacial score (nSPS) is 8.93. The van der Waals surface area contributed by atoms with Crippen LogP contribution in [0, 0.1) is 11.8 Å². The molecule has 4 heteroatoms. The Kier molecular flexibility index (Phi) is 3.65. The van der Waals surface area contributed by atoms with Gasteiger partial charge in [-0.25, -0.2) is 9.78 Å². The average Bonchev–Trinajstić information content (AvgIpc) is 2.19. The molecule has 0 amide bonds. The lowest BCUT2D eigenvalue weighted by Crippen LogP contribution is -2.01. The van der Waals surface area contributed by atoms with Gasteiger partial charge < -0.3 is 10.2 Å². The van der Waals surface area contributed by atoms with Crippen molar-refractivity contribution >= 4 is 5.97 Å². The van der Waals surface area contributed by atoms with Gasteiger partial charge >= 0.3 is 5.97 Å². The van der Waals surface area contributed by atoms with Crippen LogP contribution in [0.2, 0.25) is 0 Å². The Balaban J connectivity index is 2.97. The maximum absolute atomic E-state index is 10.7. The monoisotopic (exact) mass is 191 g/mol. The van der Waals surface area contributed by atoms with E-state index in [0.717, 1.165) is 0 Å². The van der Waals surface area contributed by atoms with Crippen LogP contribution >= 0.6 is 0 Å². The molecule has 4 nitrogen and oxygen atoms in total. The maximum atomic E-state index is 10.7. The summed E-state index contributed by atoms with van der Waals surface area (Å²) in [5, 5.41) is 17.2. The van der Waals surface area contributed by atoms with Crippen LogP contribution in [0.5, 0.6) is 0 Å². The van der Waals surface area contributed by atoms with Crippen molar-refractivity contribution in [3.8, 4) is 11.8 Å². The zero-order valence-electron chi connectivity index (χ0n) is 7.40. The number of aliphatic hydroxyl groups is 1. The Morgan fingerprint density at radius 3 is 3.00 bits per heavy atom. The van der Waals surface area contributed by atoms with Gasteiger partial charge in [0.2, 0.25) is 0 Å². The van der Waals surface area contributed by atoms with Crippen LogP contribution in [-0.2, 0) is 0 Å². The Morgan fingerprint density at radius 2 is 2.36 bits per heavy atom. The van der Waals surface area contributed by atoms with Gasteiger partial charge in [-0.3, -0.25) is 0 Å². The summed E-state index contributed by atoms with van der Waals surface area (Å²) in [4.78, 5) is 14.5. The molecule has 0 atom stereocenters. The SMILES string of the molecule is O=C(O)c1cccnc1C#CCCO. The molecule has 0 fully saturated rings. The summed E-state index contributed by atoms with van der Waals surface area (Å²) in [5.74, 6) is 4.16. The third-order valence-electron chi connectivity index (χ3n) is 1.48. The number of carboxylic acids is 1. The van der Waals surface area contributed by atoms with Crippen molar-refractivity contribution in [1.82, 2.24) is 4.98 Å². The molecule has 1 aromatic rings. The number of hydrogen-bond acceptors (Lipinski definition) is 3. The fraction of sp³-hybridized carbons (Fsp3) is 0.200. The molecule has 0 aliphatic rings. The van der Waals surface area contributed by atoms with Crippen LogP contribution in [0.25, 0.3) is 0 Å². The molecular weight excluding hydrogens is 182 g/mol. The molecule has 2 N–H and O–H groups in total. The molecule has 72 valence electrons. The fourth-order valence-corrected chi connectivity index (χ4v) is 0.880. The Labute approximate surface area is 81.2 Å². The summed E-state index contributed by atoms with van der Waals surface area (Å²) in [7, 11) is 0. The first-order chi connectivity index (χ1) is 6.75. The van der Waals surface area contributed by atoms with Gasteiger partial charge in [0, 0.05) is 12.6 Å². The number of rotatable bonds is 2. The standard InChI is InChI=1S/C10H9NO3/c12-7-2-1-5-9-8(10(13)14)4-3-6-11-9/h3-4,6,12H,2,7H2,(H,13,14). The molecule has 1 aromatic heterocycles. The van der Waals surface area contributed by atoms with Crippen LogP contribution in [0.1, 0.15) is 22.5 Å². The summed E-state index contributed by atoms with van der Waals surface area (Å²) in [5.41, 5.74) is 0.311. The first kappa shape index (κ1) is 10.2. The van der Waals surface area contributed by atoms with Gasteiger partial charge in [-0.1, -0.05) is 5.92 Å². The average molecular weight is 191 g/mol. The van der Waals surface area contributed by atoms with Gasteiger partial charge in [0.25, 0.3) is 0 Å². The van der Waals surface area contributed by atoms with Crippen molar-refractivity contribution in [3.05, 3.63) is 29.6 Å². The van der Waals surface area contributed by atoms with Gasteiger partial charge in [-0.2, -0.15) is 0 Å². The highest BCUT2D eigenvalue weighted by molar-refractivity contribution is 5.89. The zero-order valence-corrected chi connectivity index (χ0v) is 7.40. The van der Waals surface area contributed by atoms with Gasteiger partial charge in [0.05, 0.1) is 12.2 Å². The number of pyridine rings is 1. The van der Waals surface area contributed by atoms with Gasteiger partial charge in [-0.15, -0.1) is 0 Å². The molecule has 0 spiro atoms. The molecule has 1 heterocycles. The molecule has 0 aliphatic heterocycles. The first-order valence-corrected chi connectivity index (χ1v) is 4.03. The molecule has 0 aromatic carbocycles. The number of aliphatic hydroxyl groups excluding tert-OH is 1. The lowest BCUT2D eigenvalue weighted by molar-refractivity contribution is 0.0696. The summed E-state index contributed by atoms with van der Waals surface area (Å²) in [6, 6.07) is 2.99. The molecule has 0 bridgehead atoms. The molecule has 0 unspecified atom stereocenters. The molecule has 0 radical (unpaired) electrons. The van der Waals surface area contributed by atoms with E-state index in [0.29, 0.717) is 6.42 Å². The van der Waals surface area contributed by atoms with Crippen molar-refractivity contribution in [1.29, 1.82) is 0 Å². The molecule has 0 saturated carbocycles. The smallest absolute Gasteiger partial charge is 0.338 e. The van der Waals surface area contributed by atoms with Crippen molar-refractivity contribution in [3.63, 3.8) is 0 Å². The minimum Gasteiger partial charge on any atom is -0.478 e. The molecular formula is C10H9NO3. The van der Waals surface area contributed by atoms with Crippen LogP contribution in [0.15, 0.2) is 18.3 Å². The minimum absolute atomic E-state index is 0.0394. The molecule has 14 heavy (non-hydrogen) atoms. The van der Waals surface area contributed by atoms with E-state index in [9.17, 15) is 4.79 Å². The predicted molar refractivity (Wildman–Crippen MR) is 49.8 cm³/mol. The first-order valence-electron chi connectivity index (χ1n) is 4.03. The highest BCUT2D eigenvalue weighted by Gasteiger charge is 2.07. The summed E-state index contributed by atoms with van der Waals surface area (Å²) in [6.45, 7) is -0.0394. The second-order valence-corrected chi connectivity index (χ2v) is 2.48. The number of carboxylic acid groups (broad SMARTS) is 1. The quantitative estimate of drug-likeness (QED) is 0.668. The number of hydrogen-bond donors (Lipinski definition) is 2. The number of nitrogens with zero attached hydrogens (tertiary/aromatic N) is 1. The Bertz CT molecular complexity index is 390. The Hall–Kier alpha value is -1.86. The third-order valence-corrected chi connectivity index (χ3v) is 1.48. The van der Waals surface area contributed by atoms with E-state index in [1.165, 1.54) is 12.3 Å². The highest BCUT2D eigenvalue weighted by atomic mass is 16.4. The van der Waals surface area contributed by atoms with Crippen molar-refractivity contribution < 1.29 is 15.0 Å². The fourth-order valence-electron chi connectivity index (χ4n) is 0.880. The van der Waals surface area contributed by atoms with E-state index >= 15 is 0 Å². The lowest BCUT2D eigenvalue weighted by Gasteiger charge is -1.95. The largest absolute Gasteiger partial charge is 0.478 e. The van der Waals surface area contributed by atoms with E-state index in [-0.39, 0.29) is 17.9 Å². The second-order valence-electron chi connectivity index (χ2n) is 2.48. The number of aromatic nitrogens is 1. The van der Waals surface area contributed by atoms with E-state index in [1.807, 2.05) is 0 Å². The van der Waals surface area contributed by atoms with Crippen molar-refractivity contribution in [2.75, 3.05) is 6.61 Å². The summed E-state index contributed by atoms with van der Waals surface area (Å²) in [6.07, 6.45) is 1.80. The van der Waals surface area contributed by atoms with Gasteiger partial charge in [0.15, 0.2) is 0 Å². The van der Waals surface area contributed by atoms with Gasteiger partial charge in [0.1, 0.15) is 5.69 Å². The minimum atomic E-state index is -1.05. The van der Waals surface area contributed by atoms with Crippen molar-refractivity contribution in [2.45, 2.75) is 6.42 Å². The molecule has 0 aliphatic carbocycles. The predicted octanol–water partition coefficient (Wildman–Crippen LogP) is 0.514. The number of carbonyl (C=O) groups is 1. The van der Waals surface area contributed by atoms with Crippen LogP contribution in [0.4, 0.5) is 0 Å². The number of aromatic carboxylic acids is 1. The van der Waals surface area contributed by atoms with Crippen molar-refractivity contribution in [2.24, 2.45) is 0 Å². The zero-order chi connectivity index (χ0) is 10.4. The topological polar surface area (TPSA) is 70.4 Å². The summed E-state index contributed by atoms with van der Waals surface area (Å²) < 4.78 is 0. The van der Waals surface area contributed by atoms with Crippen LogP contribution in [0.3, 0.4) is 0 Å². The maximum Gasteiger partial charge on any atom is 0.338 e. The van der Waals surface area contributed by atoms with E-state index in [4.69, 9.17) is 10.2 Å².